The Balaban J connectivity index is 1.98. The van der Waals surface area contributed by atoms with Gasteiger partial charge in [0.05, 0.1) is 13.1 Å². The first-order chi connectivity index (χ1) is 10.5. The molecule has 0 aliphatic carbocycles. The molecule has 0 spiro atoms. The van der Waals surface area contributed by atoms with Gasteiger partial charge in [-0.2, -0.15) is 0 Å². The molecule has 2 aromatic heterocycles. The summed E-state index contributed by atoms with van der Waals surface area (Å²) in [7, 11) is -3.62. The van der Waals surface area contributed by atoms with Gasteiger partial charge in [0.25, 0.3) is 10.0 Å². The van der Waals surface area contributed by atoms with Crippen LogP contribution in [-0.2, 0) is 21.4 Å². The largest absolute Gasteiger partial charge is 0.333 e. The van der Waals surface area contributed by atoms with Crippen molar-refractivity contribution in [2.45, 2.75) is 10.8 Å². The number of sulfonamides is 1. The van der Waals surface area contributed by atoms with Gasteiger partial charge in [0.2, 0.25) is 5.91 Å². The lowest BCUT2D eigenvalue weighted by Crippen LogP contribution is -2.39. The van der Waals surface area contributed by atoms with Gasteiger partial charge in [0, 0.05) is 11.4 Å². The van der Waals surface area contributed by atoms with Gasteiger partial charge in [-0.3, -0.25) is 4.79 Å². The lowest BCUT2D eigenvalue weighted by Gasteiger charge is -2.20. The molecule has 0 atom stereocenters. The number of nitrogens with zero attached hydrogens (tertiary/aromatic N) is 1. The second-order valence-corrected chi connectivity index (χ2v) is 8.37. The summed E-state index contributed by atoms with van der Waals surface area (Å²) in [4.78, 5) is 14.8. The molecule has 22 heavy (non-hydrogen) atoms. The Morgan fingerprint density at radius 2 is 2.00 bits per heavy atom. The van der Waals surface area contributed by atoms with Gasteiger partial charge in [-0.25, -0.2) is 13.1 Å². The average Bonchev–Trinajstić information content (AvgIpc) is 3.17. The first-order valence-corrected chi connectivity index (χ1v) is 9.71. The molecule has 0 radical (unpaired) electrons. The van der Waals surface area contributed by atoms with E-state index in [-0.39, 0.29) is 16.7 Å². The van der Waals surface area contributed by atoms with Gasteiger partial charge in [0.1, 0.15) is 4.21 Å². The van der Waals surface area contributed by atoms with E-state index in [0.717, 1.165) is 16.2 Å². The Bertz CT molecular complexity index is 707. The van der Waals surface area contributed by atoms with Crippen LogP contribution in [-0.4, -0.2) is 32.3 Å². The van der Waals surface area contributed by atoms with Gasteiger partial charge in [0.15, 0.2) is 0 Å². The van der Waals surface area contributed by atoms with Crippen LogP contribution in [0, 0.1) is 0 Å². The second-order valence-electron chi connectivity index (χ2n) is 4.40. The Labute approximate surface area is 138 Å². The van der Waals surface area contributed by atoms with E-state index >= 15 is 0 Å². The summed E-state index contributed by atoms with van der Waals surface area (Å²) < 4.78 is 26.6. The molecule has 5 nitrogen and oxygen atoms in total. The number of thiophene rings is 2. The number of hydrogen-bond donors (Lipinski definition) is 1. The number of carbonyl (C=O) groups excluding carboxylic acids is 1. The summed E-state index contributed by atoms with van der Waals surface area (Å²) in [6.45, 7) is 4.19. The molecule has 0 aliphatic heterocycles. The van der Waals surface area contributed by atoms with E-state index < -0.39 is 10.0 Å². The van der Waals surface area contributed by atoms with E-state index in [2.05, 4.69) is 11.3 Å². The smallest absolute Gasteiger partial charge is 0.250 e. The molecule has 0 saturated carbocycles. The Morgan fingerprint density at radius 1 is 1.27 bits per heavy atom. The molecule has 8 heteroatoms. The molecule has 0 bridgehead atoms. The fraction of sp³-hybridized carbons (Fsp3) is 0.214. The minimum atomic E-state index is -3.62. The lowest BCUT2D eigenvalue weighted by molar-refractivity contribution is -0.129. The van der Waals surface area contributed by atoms with Crippen LogP contribution in [0.5, 0.6) is 0 Å². The number of hydrogen-bond acceptors (Lipinski definition) is 5. The maximum absolute atomic E-state index is 12.2. The van der Waals surface area contributed by atoms with Crippen LogP contribution in [0.3, 0.4) is 0 Å². The predicted molar refractivity (Wildman–Crippen MR) is 89.4 cm³/mol. The van der Waals surface area contributed by atoms with E-state index in [9.17, 15) is 13.2 Å². The minimum absolute atomic E-state index is 0.203. The molecule has 1 amide bonds. The molecule has 0 saturated heterocycles. The number of nitrogens with one attached hydrogen (secondary N) is 1. The van der Waals surface area contributed by atoms with Crippen molar-refractivity contribution >= 4 is 38.6 Å². The average molecular weight is 356 g/mol. The van der Waals surface area contributed by atoms with Crippen LogP contribution in [0.25, 0.3) is 0 Å². The highest BCUT2D eigenvalue weighted by Gasteiger charge is 2.19. The van der Waals surface area contributed by atoms with E-state index in [1.807, 2.05) is 17.5 Å². The molecular formula is C14H16N2O3S3. The topological polar surface area (TPSA) is 66.5 Å². The summed E-state index contributed by atoms with van der Waals surface area (Å²) in [5.74, 6) is -0.284. The van der Waals surface area contributed by atoms with Crippen LogP contribution in [0.4, 0.5) is 0 Å². The van der Waals surface area contributed by atoms with Crippen molar-refractivity contribution in [1.29, 1.82) is 0 Å². The van der Waals surface area contributed by atoms with Crippen molar-refractivity contribution in [1.82, 2.24) is 9.62 Å². The quantitative estimate of drug-likeness (QED) is 0.738. The lowest BCUT2D eigenvalue weighted by atomic mass is 10.4. The minimum Gasteiger partial charge on any atom is -0.333 e. The molecule has 0 aliphatic rings. The third-order valence-electron chi connectivity index (χ3n) is 2.80. The molecule has 0 aromatic carbocycles. The van der Waals surface area contributed by atoms with Gasteiger partial charge in [-0.05, 0) is 22.9 Å². The van der Waals surface area contributed by atoms with Crippen molar-refractivity contribution < 1.29 is 13.2 Å². The van der Waals surface area contributed by atoms with Crippen molar-refractivity contribution in [3.8, 4) is 0 Å². The predicted octanol–water partition coefficient (Wildman–Crippen LogP) is 2.30. The van der Waals surface area contributed by atoms with E-state index in [1.54, 1.807) is 33.8 Å². The van der Waals surface area contributed by atoms with Crippen LogP contribution >= 0.6 is 22.7 Å². The van der Waals surface area contributed by atoms with Crippen molar-refractivity contribution in [3.05, 3.63) is 52.6 Å². The van der Waals surface area contributed by atoms with Crippen LogP contribution in [0.15, 0.2) is 51.9 Å². The third kappa shape index (κ3) is 4.51. The van der Waals surface area contributed by atoms with E-state index in [0.29, 0.717) is 13.1 Å². The fourth-order valence-corrected chi connectivity index (χ4v) is 4.49. The first-order valence-electron chi connectivity index (χ1n) is 6.47. The van der Waals surface area contributed by atoms with E-state index in [4.69, 9.17) is 0 Å². The van der Waals surface area contributed by atoms with Crippen LogP contribution < -0.4 is 4.72 Å². The Hall–Kier alpha value is -1.48. The molecule has 0 unspecified atom stereocenters. The fourth-order valence-electron chi connectivity index (χ4n) is 1.76. The summed E-state index contributed by atoms with van der Waals surface area (Å²) >= 11 is 2.67. The SMILES string of the molecule is C=CCN(Cc1cccs1)C(=O)CNS(=O)(=O)c1cccs1. The Kier molecular flexibility index (Phi) is 5.90. The summed E-state index contributed by atoms with van der Waals surface area (Å²) in [6.07, 6.45) is 1.62. The van der Waals surface area contributed by atoms with Gasteiger partial charge in [-0.1, -0.05) is 18.2 Å². The molecule has 2 aromatic rings. The summed E-state index contributed by atoms with van der Waals surface area (Å²) in [6, 6.07) is 7.01. The highest BCUT2D eigenvalue weighted by molar-refractivity contribution is 7.91. The van der Waals surface area contributed by atoms with Gasteiger partial charge < -0.3 is 4.90 Å². The second kappa shape index (κ2) is 7.68. The van der Waals surface area contributed by atoms with Crippen LogP contribution in [0.2, 0.25) is 0 Å². The third-order valence-corrected chi connectivity index (χ3v) is 6.46. The molecule has 118 valence electrons. The number of rotatable bonds is 8. The monoisotopic (exact) mass is 356 g/mol. The van der Waals surface area contributed by atoms with Crippen molar-refractivity contribution in [3.63, 3.8) is 0 Å². The summed E-state index contributed by atoms with van der Waals surface area (Å²) in [5.41, 5.74) is 0. The van der Waals surface area contributed by atoms with Crippen molar-refractivity contribution in [2.75, 3.05) is 13.1 Å². The molecule has 2 rings (SSSR count). The zero-order valence-corrected chi connectivity index (χ0v) is 14.2. The number of amides is 1. The molecule has 2 heterocycles. The van der Waals surface area contributed by atoms with Crippen LogP contribution in [0.1, 0.15) is 4.88 Å². The zero-order chi connectivity index (χ0) is 16.0. The maximum atomic E-state index is 12.2. The van der Waals surface area contributed by atoms with E-state index in [1.165, 1.54) is 6.07 Å². The highest BCUT2D eigenvalue weighted by atomic mass is 32.2. The Morgan fingerprint density at radius 3 is 2.59 bits per heavy atom. The summed E-state index contributed by atoms with van der Waals surface area (Å²) in [5, 5.41) is 3.61. The molecular weight excluding hydrogens is 340 g/mol. The normalized spacial score (nSPS) is 11.3. The molecule has 0 fully saturated rings. The highest BCUT2D eigenvalue weighted by Crippen LogP contribution is 2.15. The maximum Gasteiger partial charge on any atom is 0.250 e. The van der Waals surface area contributed by atoms with Gasteiger partial charge >= 0.3 is 0 Å². The number of carbonyl (C=O) groups is 1. The van der Waals surface area contributed by atoms with Gasteiger partial charge in [-0.15, -0.1) is 29.3 Å². The standard InChI is InChI=1S/C14H16N2O3S3/c1-2-7-16(11-12-5-3-8-20-12)13(17)10-15-22(18,19)14-6-4-9-21-14/h2-6,8-9,15H,1,7,10-11H2. The first kappa shape index (κ1) is 16.9. The molecule has 1 N–H and O–H groups in total. The van der Waals surface area contributed by atoms with Crippen molar-refractivity contribution in [2.24, 2.45) is 0 Å². The zero-order valence-electron chi connectivity index (χ0n) is 11.8.